The fourth-order valence-corrected chi connectivity index (χ4v) is 2.80. The molecule has 0 radical (unpaired) electrons. The number of hydrogen-bond donors (Lipinski definition) is 1. The Bertz CT molecular complexity index is 691. The van der Waals surface area contributed by atoms with Crippen LogP contribution in [0.25, 0.3) is 0 Å². The summed E-state index contributed by atoms with van der Waals surface area (Å²) in [5.41, 5.74) is 1.69. The number of carbonyl (C=O) groups is 1. The Morgan fingerprint density at radius 2 is 1.91 bits per heavy atom. The Morgan fingerprint density at radius 3 is 2.65 bits per heavy atom. The second-order valence-electron chi connectivity index (χ2n) is 5.30. The van der Waals surface area contributed by atoms with Crippen LogP contribution in [0.2, 0.25) is 10.0 Å². The van der Waals surface area contributed by atoms with Crippen LogP contribution >= 0.6 is 23.2 Å². The van der Waals surface area contributed by atoms with Crippen molar-refractivity contribution in [3.8, 4) is 0 Å². The van der Waals surface area contributed by atoms with Crippen molar-refractivity contribution in [2.75, 3.05) is 25.0 Å². The third-order valence-corrected chi connectivity index (χ3v) is 4.16. The number of hydrogen-bond acceptors (Lipinski definition) is 2. The van der Waals surface area contributed by atoms with E-state index in [4.69, 9.17) is 27.9 Å². The van der Waals surface area contributed by atoms with E-state index in [2.05, 4.69) is 5.32 Å². The summed E-state index contributed by atoms with van der Waals surface area (Å²) in [7, 11) is 0. The maximum Gasteiger partial charge on any atom is 0.322 e. The van der Waals surface area contributed by atoms with Gasteiger partial charge in [-0.25, -0.2) is 4.79 Å². The number of rotatable bonds is 2. The fraction of sp³-hybridized carbons (Fsp3) is 0.235. The molecular formula is C17H16Cl2N2O2. The predicted molar refractivity (Wildman–Crippen MR) is 92.2 cm³/mol. The third kappa shape index (κ3) is 4.16. The van der Waals surface area contributed by atoms with Crippen molar-refractivity contribution in [1.29, 1.82) is 0 Å². The average Bonchev–Trinajstić information content (AvgIpc) is 2.57. The molecule has 0 aromatic heterocycles. The van der Waals surface area contributed by atoms with Gasteiger partial charge in [-0.1, -0.05) is 35.3 Å². The van der Waals surface area contributed by atoms with Gasteiger partial charge in [-0.05, 0) is 42.0 Å². The molecule has 0 bridgehead atoms. The number of urea groups is 1. The zero-order valence-electron chi connectivity index (χ0n) is 12.3. The number of anilines is 1. The Labute approximate surface area is 144 Å². The van der Waals surface area contributed by atoms with Crippen molar-refractivity contribution in [3.63, 3.8) is 0 Å². The van der Waals surface area contributed by atoms with E-state index in [0.717, 1.165) is 5.56 Å². The minimum atomic E-state index is -0.168. The smallest absolute Gasteiger partial charge is 0.322 e. The van der Waals surface area contributed by atoms with Gasteiger partial charge in [0.2, 0.25) is 0 Å². The number of carbonyl (C=O) groups excluding carboxylic acids is 1. The SMILES string of the molecule is O=C(Nc1ccc(Cl)cc1)N1CCOC(c2cccc(Cl)c2)C1. The molecule has 23 heavy (non-hydrogen) atoms. The van der Waals surface area contributed by atoms with E-state index < -0.39 is 0 Å². The summed E-state index contributed by atoms with van der Waals surface area (Å²) >= 11 is 11.9. The highest BCUT2D eigenvalue weighted by molar-refractivity contribution is 6.30. The summed E-state index contributed by atoms with van der Waals surface area (Å²) < 4.78 is 5.77. The lowest BCUT2D eigenvalue weighted by molar-refractivity contribution is -0.0135. The molecule has 2 amide bonds. The van der Waals surface area contributed by atoms with Crippen molar-refractivity contribution in [1.82, 2.24) is 4.90 Å². The Kier molecular flexibility index (Phi) is 5.06. The molecule has 2 aromatic carbocycles. The van der Waals surface area contributed by atoms with Crippen LogP contribution in [-0.4, -0.2) is 30.6 Å². The van der Waals surface area contributed by atoms with Crippen LogP contribution in [-0.2, 0) is 4.74 Å². The van der Waals surface area contributed by atoms with Gasteiger partial charge in [0.15, 0.2) is 0 Å². The van der Waals surface area contributed by atoms with Gasteiger partial charge in [-0.2, -0.15) is 0 Å². The highest BCUT2D eigenvalue weighted by Gasteiger charge is 2.25. The number of morpholine rings is 1. The lowest BCUT2D eigenvalue weighted by Gasteiger charge is -2.33. The van der Waals surface area contributed by atoms with Crippen molar-refractivity contribution < 1.29 is 9.53 Å². The Hall–Kier alpha value is -1.75. The van der Waals surface area contributed by atoms with Gasteiger partial charge < -0.3 is 15.0 Å². The number of halogens is 2. The van der Waals surface area contributed by atoms with Crippen LogP contribution in [0.15, 0.2) is 48.5 Å². The molecule has 0 saturated carbocycles. The lowest BCUT2D eigenvalue weighted by atomic mass is 10.1. The first-order chi connectivity index (χ1) is 11.1. The zero-order chi connectivity index (χ0) is 16.2. The summed E-state index contributed by atoms with van der Waals surface area (Å²) in [4.78, 5) is 14.1. The molecule has 1 saturated heterocycles. The average molecular weight is 351 g/mol. The number of amides is 2. The number of nitrogens with one attached hydrogen (secondary N) is 1. The van der Waals surface area contributed by atoms with Gasteiger partial charge in [-0.15, -0.1) is 0 Å². The first kappa shape index (κ1) is 16.1. The highest BCUT2D eigenvalue weighted by atomic mass is 35.5. The standard InChI is InChI=1S/C17H16Cl2N2O2/c18-13-4-6-15(7-5-13)20-17(22)21-8-9-23-16(11-21)12-2-1-3-14(19)10-12/h1-7,10,16H,8-9,11H2,(H,20,22). The second kappa shape index (κ2) is 7.21. The topological polar surface area (TPSA) is 41.6 Å². The molecule has 4 nitrogen and oxygen atoms in total. The van der Waals surface area contributed by atoms with Crippen LogP contribution in [0.3, 0.4) is 0 Å². The minimum absolute atomic E-state index is 0.150. The van der Waals surface area contributed by atoms with Crippen molar-refractivity contribution in [2.45, 2.75) is 6.10 Å². The normalized spacial score (nSPS) is 17.8. The predicted octanol–water partition coefficient (Wildman–Crippen LogP) is 4.60. The van der Waals surface area contributed by atoms with E-state index in [1.165, 1.54) is 0 Å². The van der Waals surface area contributed by atoms with Crippen LogP contribution in [0.1, 0.15) is 11.7 Å². The minimum Gasteiger partial charge on any atom is -0.370 e. The quantitative estimate of drug-likeness (QED) is 0.859. The Morgan fingerprint density at radius 1 is 1.13 bits per heavy atom. The van der Waals surface area contributed by atoms with E-state index in [1.54, 1.807) is 29.2 Å². The fourth-order valence-electron chi connectivity index (χ4n) is 2.48. The summed E-state index contributed by atoms with van der Waals surface area (Å²) in [6, 6.07) is 14.4. The maximum absolute atomic E-state index is 12.4. The molecule has 3 rings (SSSR count). The molecule has 1 aliphatic heterocycles. The Balaban J connectivity index is 1.65. The van der Waals surface area contributed by atoms with Gasteiger partial charge >= 0.3 is 6.03 Å². The van der Waals surface area contributed by atoms with Gasteiger partial charge in [0.1, 0.15) is 6.10 Å². The number of ether oxygens (including phenoxy) is 1. The highest BCUT2D eigenvalue weighted by Crippen LogP contribution is 2.25. The monoisotopic (exact) mass is 350 g/mol. The first-order valence-corrected chi connectivity index (χ1v) is 8.06. The third-order valence-electron chi connectivity index (χ3n) is 3.67. The van der Waals surface area contributed by atoms with Gasteiger partial charge in [0.25, 0.3) is 0 Å². The molecular weight excluding hydrogens is 335 g/mol. The summed E-state index contributed by atoms with van der Waals surface area (Å²) in [5, 5.41) is 4.16. The van der Waals surface area contributed by atoms with Crippen molar-refractivity contribution in [3.05, 3.63) is 64.1 Å². The van der Waals surface area contributed by atoms with Gasteiger partial charge in [0, 0.05) is 22.3 Å². The van der Waals surface area contributed by atoms with Crippen LogP contribution in [0.5, 0.6) is 0 Å². The van der Waals surface area contributed by atoms with E-state index in [-0.39, 0.29) is 12.1 Å². The first-order valence-electron chi connectivity index (χ1n) is 7.30. The molecule has 0 aliphatic carbocycles. The molecule has 120 valence electrons. The molecule has 1 aliphatic rings. The molecule has 2 aromatic rings. The van der Waals surface area contributed by atoms with Crippen molar-refractivity contribution in [2.24, 2.45) is 0 Å². The lowest BCUT2D eigenvalue weighted by Crippen LogP contribution is -2.44. The molecule has 1 unspecified atom stereocenters. The second-order valence-corrected chi connectivity index (χ2v) is 6.17. The van der Waals surface area contributed by atoms with Crippen LogP contribution in [0, 0.1) is 0 Å². The van der Waals surface area contributed by atoms with Crippen LogP contribution in [0.4, 0.5) is 10.5 Å². The van der Waals surface area contributed by atoms with E-state index >= 15 is 0 Å². The molecule has 1 heterocycles. The van der Waals surface area contributed by atoms with Crippen molar-refractivity contribution >= 4 is 34.9 Å². The van der Waals surface area contributed by atoms with E-state index in [9.17, 15) is 4.79 Å². The summed E-state index contributed by atoms with van der Waals surface area (Å²) in [6.07, 6.45) is -0.168. The molecule has 1 atom stereocenters. The molecule has 1 fully saturated rings. The zero-order valence-corrected chi connectivity index (χ0v) is 13.8. The largest absolute Gasteiger partial charge is 0.370 e. The molecule has 1 N–H and O–H groups in total. The maximum atomic E-state index is 12.4. The van der Waals surface area contributed by atoms with E-state index in [1.807, 2.05) is 24.3 Å². The summed E-state index contributed by atoms with van der Waals surface area (Å²) in [6.45, 7) is 1.53. The molecule has 6 heteroatoms. The van der Waals surface area contributed by atoms with Gasteiger partial charge in [0.05, 0.1) is 13.2 Å². The number of benzene rings is 2. The van der Waals surface area contributed by atoms with Crippen LogP contribution < -0.4 is 5.32 Å². The molecule has 0 spiro atoms. The number of nitrogens with zero attached hydrogens (tertiary/aromatic N) is 1. The van der Waals surface area contributed by atoms with E-state index in [0.29, 0.717) is 35.4 Å². The van der Waals surface area contributed by atoms with Gasteiger partial charge in [-0.3, -0.25) is 0 Å². The summed E-state index contributed by atoms with van der Waals surface area (Å²) in [5.74, 6) is 0.